The van der Waals surface area contributed by atoms with Crippen LogP contribution in [0.15, 0.2) is 30.8 Å². The Hall–Kier alpha value is -1.04. The predicted octanol–water partition coefficient (Wildman–Crippen LogP) is 3.92. The smallest absolute Gasteiger partial charge is 0.0233 e. The summed E-state index contributed by atoms with van der Waals surface area (Å²) in [5, 5.41) is 0. The summed E-state index contributed by atoms with van der Waals surface area (Å²) in [7, 11) is 0. The lowest BCUT2D eigenvalue weighted by Crippen LogP contribution is -1.93. The molecule has 0 aromatic heterocycles. The van der Waals surface area contributed by atoms with Crippen LogP contribution >= 0.6 is 0 Å². The highest BCUT2D eigenvalue weighted by Gasteiger charge is 1.97. The Morgan fingerprint density at radius 1 is 1.23 bits per heavy atom. The minimum Gasteiger partial charge on any atom is -0.0955 e. The van der Waals surface area contributed by atoms with E-state index >= 15 is 0 Å². The summed E-state index contributed by atoms with van der Waals surface area (Å²) < 4.78 is 0. The molecule has 0 fully saturated rings. The monoisotopic (exact) mass is 174 g/mol. The van der Waals surface area contributed by atoms with Gasteiger partial charge in [0.1, 0.15) is 0 Å². The van der Waals surface area contributed by atoms with E-state index in [1.54, 1.807) is 0 Å². The Morgan fingerprint density at radius 3 is 2.15 bits per heavy atom. The minimum absolute atomic E-state index is 0.732. The highest BCUT2D eigenvalue weighted by Crippen LogP contribution is 2.14. The lowest BCUT2D eigenvalue weighted by Gasteiger charge is -2.05. The molecule has 0 amide bonds. The molecular formula is C13H18. The van der Waals surface area contributed by atoms with Gasteiger partial charge < -0.3 is 0 Å². The molecule has 0 atom stereocenters. The summed E-state index contributed by atoms with van der Waals surface area (Å²) in [4.78, 5) is 0. The fourth-order valence-corrected chi connectivity index (χ4v) is 1.40. The van der Waals surface area contributed by atoms with E-state index in [9.17, 15) is 0 Å². The zero-order valence-electron chi connectivity index (χ0n) is 8.80. The van der Waals surface area contributed by atoms with E-state index in [0.717, 1.165) is 17.9 Å². The van der Waals surface area contributed by atoms with Crippen LogP contribution in [0.3, 0.4) is 0 Å². The van der Waals surface area contributed by atoms with E-state index in [2.05, 4.69) is 44.7 Å². The molecule has 0 aliphatic rings. The van der Waals surface area contributed by atoms with Gasteiger partial charge in [0.15, 0.2) is 0 Å². The maximum atomic E-state index is 3.92. The molecule has 0 bridgehead atoms. The highest BCUT2D eigenvalue weighted by atomic mass is 14.0. The molecule has 0 aliphatic heterocycles. The van der Waals surface area contributed by atoms with Crippen LogP contribution in [0, 0.1) is 5.92 Å². The van der Waals surface area contributed by atoms with Crippen molar-refractivity contribution in [2.45, 2.75) is 27.2 Å². The average Bonchev–Trinajstić information content (AvgIpc) is 2.04. The van der Waals surface area contributed by atoms with E-state index in [4.69, 9.17) is 0 Å². The molecule has 0 nitrogen and oxygen atoms in total. The molecule has 1 rings (SSSR count). The van der Waals surface area contributed by atoms with Crippen LogP contribution in [0.4, 0.5) is 0 Å². The predicted molar refractivity (Wildman–Crippen MR) is 59.7 cm³/mol. The SMILES string of the molecule is C=C(C)c1ccc(CC(C)C)cc1. The molecule has 70 valence electrons. The summed E-state index contributed by atoms with van der Waals surface area (Å²) >= 11 is 0. The first-order valence-electron chi connectivity index (χ1n) is 4.84. The van der Waals surface area contributed by atoms with Crippen molar-refractivity contribution in [3.8, 4) is 0 Å². The van der Waals surface area contributed by atoms with E-state index in [1.165, 1.54) is 11.1 Å². The molecule has 13 heavy (non-hydrogen) atoms. The molecule has 0 heteroatoms. The van der Waals surface area contributed by atoms with E-state index in [0.29, 0.717) is 0 Å². The molecule has 0 unspecified atom stereocenters. The Bertz CT molecular complexity index is 277. The lowest BCUT2D eigenvalue weighted by molar-refractivity contribution is 0.647. The third kappa shape index (κ3) is 3.06. The van der Waals surface area contributed by atoms with Crippen LogP contribution in [-0.4, -0.2) is 0 Å². The first-order chi connectivity index (χ1) is 6.09. The molecule has 0 saturated carbocycles. The first-order valence-corrected chi connectivity index (χ1v) is 4.84. The Balaban J connectivity index is 2.75. The Morgan fingerprint density at radius 2 is 1.77 bits per heavy atom. The van der Waals surface area contributed by atoms with Gasteiger partial charge in [-0.3, -0.25) is 0 Å². The molecule has 1 aromatic carbocycles. The van der Waals surface area contributed by atoms with Gasteiger partial charge in [0.25, 0.3) is 0 Å². The fraction of sp³-hybridized carbons (Fsp3) is 0.385. The van der Waals surface area contributed by atoms with Crippen molar-refractivity contribution < 1.29 is 0 Å². The highest BCUT2D eigenvalue weighted by molar-refractivity contribution is 5.61. The second-order valence-electron chi connectivity index (χ2n) is 4.08. The Labute approximate surface area is 81.3 Å². The van der Waals surface area contributed by atoms with Crippen molar-refractivity contribution in [2.24, 2.45) is 5.92 Å². The Kier molecular flexibility index (Phi) is 3.30. The van der Waals surface area contributed by atoms with Crippen molar-refractivity contribution in [1.82, 2.24) is 0 Å². The number of benzene rings is 1. The van der Waals surface area contributed by atoms with Crippen molar-refractivity contribution >= 4 is 5.57 Å². The molecule has 1 aromatic rings. The summed E-state index contributed by atoms with van der Waals surface area (Å²) in [5.74, 6) is 0.732. The lowest BCUT2D eigenvalue weighted by atomic mass is 10.0. The third-order valence-electron chi connectivity index (χ3n) is 2.09. The van der Waals surface area contributed by atoms with Crippen LogP contribution in [0.1, 0.15) is 31.9 Å². The summed E-state index contributed by atoms with van der Waals surface area (Å²) in [5.41, 5.74) is 3.80. The van der Waals surface area contributed by atoms with Crippen LogP contribution in [0.25, 0.3) is 5.57 Å². The van der Waals surface area contributed by atoms with Gasteiger partial charge in [0, 0.05) is 0 Å². The van der Waals surface area contributed by atoms with Gasteiger partial charge in [-0.2, -0.15) is 0 Å². The zero-order valence-corrected chi connectivity index (χ0v) is 8.80. The average molecular weight is 174 g/mol. The minimum atomic E-state index is 0.732. The van der Waals surface area contributed by atoms with Crippen molar-refractivity contribution in [3.63, 3.8) is 0 Å². The zero-order chi connectivity index (χ0) is 9.84. The number of hydrogen-bond acceptors (Lipinski definition) is 0. The standard InChI is InChI=1S/C13H18/c1-10(2)9-12-5-7-13(8-6-12)11(3)4/h5-8,10H,3,9H2,1-2,4H3. The van der Waals surface area contributed by atoms with Gasteiger partial charge in [-0.1, -0.05) is 50.3 Å². The van der Waals surface area contributed by atoms with Gasteiger partial charge in [0.05, 0.1) is 0 Å². The van der Waals surface area contributed by atoms with Crippen LogP contribution in [0.5, 0.6) is 0 Å². The summed E-state index contributed by atoms with van der Waals surface area (Å²) in [6.07, 6.45) is 1.16. The summed E-state index contributed by atoms with van der Waals surface area (Å²) in [6, 6.07) is 8.70. The second kappa shape index (κ2) is 4.27. The van der Waals surface area contributed by atoms with Crippen molar-refractivity contribution in [1.29, 1.82) is 0 Å². The molecular weight excluding hydrogens is 156 g/mol. The molecule has 0 radical (unpaired) electrons. The van der Waals surface area contributed by atoms with E-state index in [1.807, 2.05) is 6.92 Å². The third-order valence-corrected chi connectivity index (χ3v) is 2.09. The number of rotatable bonds is 3. The maximum absolute atomic E-state index is 3.92. The molecule has 0 spiro atoms. The second-order valence-corrected chi connectivity index (χ2v) is 4.08. The van der Waals surface area contributed by atoms with Crippen molar-refractivity contribution in [2.75, 3.05) is 0 Å². The number of hydrogen-bond donors (Lipinski definition) is 0. The van der Waals surface area contributed by atoms with Crippen molar-refractivity contribution in [3.05, 3.63) is 42.0 Å². The summed E-state index contributed by atoms with van der Waals surface area (Å²) in [6.45, 7) is 10.4. The topological polar surface area (TPSA) is 0 Å². The van der Waals surface area contributed by atoms with Gasteiger partial charge >= 0.3 is 0 Å². The van der Waals surface area contributed by atoms with Crippen LogP contribution < -0.4 is 0 Å². The van der Waals surface area contributed by atoms with Crippen LogP contribution in [-0.2, 0) is 6.42 Å². The largest absolute Gasteiger partial charge is 0.0955 e. The van der Waals surface area contributed by atoms with Gasteiger partial charge in [-0.25, -0.2) is 0 Å². The molecule has 0 saturated heterocycles. The first kappa shape index (κ1) is 10.0. The van der Waals surface area contributed by atoms with Gasteiger partial charge in [-0.15, -0.1) is 0 Å². The maximum Gasteiger partial charge on any atom is -0.0233 e. The van der Waals surface area contributed by atoms with Crippen LogP contribution in [0.2, 0.25) is 0 Å². The van der Waals surface area contributed by atoms with Gasteiger partial charge in [-0.05, 0) is 30.4 Å². The van der Waals surface area contributed by atoms with Gasteiger partial charge in [0.2, 0.25) is 0 Å². The van der Waals surface area contributed by atoms with E-state index in [-0.39, 0.29) is 0 Å². The molecule has 0 aliphatic carbocycles. The van der Waals surface area contributed by atoms with E-state index < -0.39 is 0 Å². The quantitative estimate of drug-likeness (QED) is 0.651. The molecule has 0 N–H and O–H groups in total. The fourth-order valence-electron chi connectivity index (χ4n) is 1.40. The molecule has 0 heterocycles. The normalized spacial score (nSPS) is 10.5. The number of allylic oxidation sites excluding steroid dienone is 1.